The maximum atomic E-state index is 5.23. The van der Waals surface area contributed by atoms with Crippen LogP contribution in [0.5, 0.6) is 0 Å². The van der Waals surface area contributed by atoms with E-state index >= 15 is 0 Å². The monoisotopic (exact) mass is 338 g/mol. The molecular weight excluding hydrogens is 300 g/mol. The third kappa shape index (κ3) is 14.2. The Hall–Kier alpha value is -1.38. The molecule has 0 spiro atoms. The van der Waals surface area contributed by atoms with E-state index in [0.29, 0.717) is 5.41 Å². The predicted molar refractivity (Wildman–Crippen MR) is 103 cm³/mol. The van der Waals surface area contributed by atoms with E-state index in [1.54, 1.807) is 0 Å². The Balaban J connectivity index is 4.06. The van der Waals surface area contributed by atoms with Crippen LogP contribution in [-0.2, 0) is 14.2 Å². The van der Waals surface area contributed by atoms with Crippen molar-refractivity contribution in [2.45, 2.75) is 71.1 Å². The minimum Gasteiger partial charge on any atom is -0.502 e. The summed E-state index contributed by atoms with van der Waals surface area (Å²) in [4.78, 5) is 0. The lowest BCUT2D eigenvalue weighted by atomic mass is 9.76. The normalized spacial score (nSPS) is 10.9. The molecule has 0 aromatic carbocycles. The average molecular weight is 339 g/mol. The molecule has 0 heterocycles. The molecule has 0 fully saturated rings. The van der Waals surface area contributed by atoms with Gasteiger partial charge in [0, 0.05) is 0 Å². The Kier molecular flexibility index (Phi) is 15.5. The van der Waals surface area contributed by atoms with Gasteiger partial charge in [-0.1, -0.05) is 39.5 Å². The molecule has 140 valence electrons. The van der Waals surface area contributed by atoms with Crippen molar-refractivity contribution in [3.8, 4) is 0 Å². The van der Waals surface area contributed by atoms with E-state index in [-0.39, 0.29) is 0 Å². The lowest BCUT2D eigenvalue weighted by Crippen LogP contribution is -2.17. The predicted octanol–water partition coefficient (Wildman–Crippen LogP) is 6.37. The molecule has 0 unspecified atom stereocenters. The fourth-order valence-corrected chi connectivity index (χ4v) is 3.01. The first-order valence-corrected chi connectivity index (χ1v) is 9.36. The summed E-state index contributed by atoms with van der Waals surface area (Å²) in [7, 11) is 0. The molecule has 0 aromatic heterocycles. The molecule has 0 rings (SSSR count). The second kappa shape index (κ2) is 16.5. The maximum Gasteiger partial charge on any atom is 0.0873 e. The van der Waals surface area contributed by atoms with Crippen molar-refractivity contribution in [1.29, 1.82) is 0 Å². The summed E-state index contributed by atoms with van der Waals surface area (Å²) in [6.45, 7) is 15.5. The third-order valence-electron chi connectivity index (χ3n) is 4.48. The number of hydrogen-bond acceptors (Lipinski definition) is 3. The quantitative estimate of drug-likeness (QED) is 0.202. The minimum atomic E-state index is 0.418. The fraction of sp³-hybridized carbons (Fsp3) is 0.714. The van der Waals surface area contributed by atoms with Gasteiger partial charge in [0.05, 0.1) is 38.6 Å². The summed E-state index contributed by atoms with van der Waals surface area (Å²) < 4.78 is 15.6. The first kappa shape index (κ1) is 22.6. The van der Waals surface area contributed by atoms with E-state index in [1.165, 1.54) is 63.7 Å². The van der Waals surface area contributed by atoms with Crippen LogP contribution < -0.4 is 0 Å². The second-order valence-corrected chi connectivity index (χ2v) is 6.65. The smallest absolute Gasteiger partial charge is 0.0873 e. The Morgan fingerprint density at radius 1 is 0.583 bits per heavy atom. The van der Waals surface area contributed by atoms with Gasteiger partial charge in [-0.05, 0) is 56.8 Å². The maximum absolute atomic E-state index is 5.23. The summed E-state index contributed by atoms with van der Waals surface area (Å²) in [6, 6.07) is 0. The fourth-order valence-electron chi connectivity index (χ4n) is 3.01. The summed E-state index contributed by atoms with van der Waals surface area (Å²) in [6.07, 6.45) is 16.6. The van der Waals surface area contributed by atoms with Gasteiger partial charge < -0.3 is 14.2 Å². The second-order valence-electron chi connectivity index (χ2n) is 6.65. The molecule has 0 amide bonds. The number of hydrogen-bond donors (Lipinski definition) is 0. The van der Waals surface area contributed by atoms with Gasteiger partial charge in [0.25, 0.3) is 0 Å². The van der Waals surface area contributed by atoms with E-state index in [1.807, 2.05) is 0 Å². The molecule has 0 N–H and O–H groups in total. The van der Waals surface area contributed by atoms with Gasteiger partial charge in [-0.2, -0.15) is 0 Å². The van der Waals surface area contributed by atoms with E-state index in [9.17, 15) is 0 Å². The molecule has 24 heavy (non-hydrogen) atoms. The number of unbranched alkanes of at least 4 members (excludes halogenated alkanes) is 4. The Bertz CT molecular complexity index is 294. The molecule has 3 heteroatoms. The van der Waals surface area contributed by atoms with Gasteiger partial charge in [0.1, 0.15) is 0 Å². The van der Waals surface area contributed by atoms with Crippen molar-refractivity contribution < 1.29 is 14.2 Å². The van der Waals surface area contributed by atoms with Crippen molar-refractivity contribution in [2.75, 3.05) is 19.8 Å². The van der Waals surface area contributed by atoms with E-state index in [0.717, 1.165) is 39.1 Å². The van der Waals surface area contributed by atoms with Crippen LogP contribution in [-0.4, -0.2) is 19.8 Å². The summed E-state index contributed by atoms with van der Waals surface area (Å²) >= 11 is 0. The highest BCUT2D eigenvalue weighted by Crippen LogP contribution is 2.36. The summed E-state index contributed by atoms with van der Waals surface area (Å²) in [5.74, 6) is 0. The van der Waals surface area contributed by atoms with Crippen molar-refractivity contribution >= 4 is 0 Å². The first-order chi connectivity index (χ1) is 11.7. The van der Waals surface area contributed by atoms with Gasteiger partial charge in [-0.3, -0.25) is 0 Å². The zero-order valence-corrected chi connectivity index (χ0v) is 15.8. The Morgan fingerprint density at radius 3 is 1.29 bits per heavy atom. The van der Waals surface area contributed by atoms with Crippen LogP contribution >= 0.6 is 0 Å². The van der Waals surface area contributed by atoms with Gasteiger partial charge in [0.2, 0.25) is 0 Å². The van der Waals surface area contributed by atoms with Crippen molar-refractivity contribution in [3.05, 3.63) is 38.5 Å². The lowest BCUT2D eigenvalue weighted by molar-refractivity contribution is 0.187. The zero-order chi connectivity index (χ0) is 17.9. The van der Waals surface area contributed by atoms with Crippen LogP contribution in [0.2, 0.25) is 0 Å². The van der Waals surface area contributed by atoms with Gasteiger partial charge in [-0.15, -0.1) is 0 Å². The minimum absolute atomic E-state index is 0.418. The largest absolute Gasteiger partial charge is 0.502 e. The van der Waals surface area contributed by atoms with Gasteiger partial charge in [0.15, 0.2) is 0 Å². The van der Waals surface area contributed by atoms with Gasteiger partial charge in [-0.25, -0.2) is 0 Å². The average Bonchev–Trinajstić information content (AvgIpc) is 2.58. The van der Waals surface area contributed by atoms with Crippen LogP contribution in [0.1, 0.15) is 71.1 Å². The van der Waals surface area contributed by atoms with Crippen LogP contribution in [0, 0.1) is 5.41 Å². The van der Waals surface area contributed by atoms with Crippen LogP contribution in [0.4, 0.5) is 0 Å². The Labute approximate surface area is 149 Å². The van der Waals surface area contributed by atoms with Crippen molar-refractivity contribution in [2.24, 2.45) is 5.41 Å². The number of ether oxygens (including phenoxy) is 3. The molecule has 0 aliphatic heterocycles. The molecule has 0 saturated heterocycles. The van der Waals surface area contributed by atoms with Crippen molar-refractivity contribution in [3.63, 3.8) is 0 Å². The number of rotatable bonds is 19. The highest BCUT2D eigenvalue weighted by atomic mass is 16.5. The standard InChI is InChI=1S/C21H38O3/c1-5-22-18-12-8-9-15-21(4,16-10-13-19-23-6-2)17-11-14-20-24-7-3/h5-7H,1-3,8-20H2,4H3. The molecule has 0 aromatic rings. The molecule has 0 bridgehead atoms. The molecule has 0 aliphatic carbocycles. The molecular formula is C21H38O3. The van der Waals surface area contributed by atoms with E-state index in [4.69, 9.17) is 14.2 Å². The molecule has 0 radical (unpaired) electrons. The Morgan fingerprint density at radius 2 is 0.917 bits per heavy atom. The van der Waals surface area contributed by atoms with Crippen LogP contribution in [0.25, 0.3) is 0 Å². The SMILES string of the molecule is C=COCCCCCC(C)(CCCCOC=C)CCCCOC=C. The first-order valence-electron chi connectivity index (χ1n) is 9.36. The highest BCUT2D eigenvalue weighted by Gasteiger charge is 2.22. The van der Waals surface area contributed by atoms with E-state index < -0.39 is 0 Å². The summed E-state index contributed by atoms with van der Waals surface area (Å²) in [5, 5.41) is 0. The third-order valence-corrected chi connectivity index (χ3v) is 4.48. The van der Waals surface area contributed by atoms with E-state index in [2.05, 4.69) is 26.7 Å². The van der Waals surface area contributed by atoms with Crippen molar-refractivity contribution in [1.82, 2.24) is 0 Å². The molecule has 3 nitrogen and oxygen atoms in total. The molecule has 0 saturated carbocycles. The van der Waals surface area contributed by atoms with Crippen LogP contribution in [0.3, 0.4) is 0 Å². The lowest BCUT2D eigenvalue weighted by Gasteiger charge is -2.30. The summed E-state index contributed by atoms with van der Waals surface area (Å²) in [5.41, 5.74) is 0.418. The topological polar surface area (TPSA) is 27.7 Å². The highest BCUT2D eigenvalue weighted by molar-refractivity contribution is 4.75. The molecule has 0 aliphatic rings. The molecule has 0 atom stereocenters. The zero-order valence-electron chi connectivity index (χ0n) is 15.8. The van der Waals surface area contributed by atoms with Gasteiger partial charge >= 0.3 is 0 Å². The van der Waals surface area contributed by atoms with Crippen LogP contribution in [0.15, 0.2) is 38.5 Å².